The number of carbonyl (C=O) groups excluding carboxylic acids is 2. The fourth-order valence-electron chi connectivity index (χ4n) is 3.82. The number of thioether (sulfide) groups is 1. The molecule has 1 fully saturated rings. The van der Waals surface area contributed by atoms with E-state index in [9.17, 15) is 28.3 Å². The third-order valence-corrected chi connectivity index (χ3v) is 8.17. The number of oxazole rings is 1. The number of anilines is 2. The van der Waals surface area contributed by atoms with Crippen molar-refractivity contribution in [1.29, 1.82) is 0 Å². The van der Waals surface area contributed by atoms with Crippen LogP contribution in [0, 0.1) is 0 Å². The molecule has 4 heterocycles. The van der Waals surface area contributed by atoms with E-state index in [1.54, 1.807) is 12.4 Å². The first-order valence-corrected chi connectivity index (χ1v) is 14.6. The molecular weight excluding hydrogens is 598 g/mol. The maximum atomic E-state index is 14.3. The van der Waals surface area contributed by atoms with Gasteiger partial charge in [-0.3, -0.25) is 14.2 Å². The van der Waals surface area contributed by atoms with E-state index in [1.807, 2.05) is 20.8 Å². The van der Waals surface area contributed by atoms with Crippen molar-refractivity contribution in [3.8, 4) is 0 Å². The zero-order chi connectivity index (χ0) is 30.7. The number of ether oxygens (including phenoxy) is 1. The minimum atomic E-state index is -3.85. The number of rotatable bonds is 11. The topological polar surface area (TPSA) is 182 Å². The summed E-state index contributed by atoms with van der Waals surface area (Å²) in [6.45, 7) is 5.25. The number of aromatic nitrogens is 4. The third-order valence-electron chi connectivity index (χ3n) is 6.08. The summed E-state index contributed by atoms with van der Waals surface area (Å²) < 4.78 is 40.6. The number of aliphatic hydroxyl groups is 2. The minimum absolute atomic E-state index is 0.0266. The summed E-state index contributed by atoms with van der Waals surface area (Å²) >= 11 is 2.77. The Morgan fingerprint density at radius 3 is 2.52 bits per heavy atom. The van der Waals surface area contributed by atoms with Crippen LogP contribution in [-0.2, 0) is 25.5 Å². The second-order valence-electron chi connectivity index (χ2n) is 10.4. The van der Waals surface area contributed by atoms with E-state index in [1.165, 1.54) is 23.1 Å². The van der Waals surface area contributed by atoms with Gasteiger partial charge in [-0.15, -0.1) is 11.8 Å². The van der Waals surface area contributed by atoms with Gasteiger partial charge < -0.3 is 30.0 Å². The lowest BCUT2D eigenvalue weighted by Gasteiger charge is -2.21. The zero-order valence-electron chi connectivity index (χ0n) is 22.9. The van der Waals surface area contributed by atoms with Gasteiger partial charge in [0.05, 0.1) is 29.0 Å². The molecule has 0 spiro atoms. The Hall–Kier alpha value is -3.25. The summed E-state index contributed by atoms with van der Waals surface area (Å²) in [5.41, 5.74) is -1.29. The first-order valence-electron chi connectivity index (χ1n) is 12.8. The minimum Gasteiger partial charge on any atom is -0.444 e. The second kappa shape index (κ2) is 12.9. The standard InChI is InChI=1S/C25H30F2N6O7S2/c1-24(2,3)14-9-28-18(40-14)12-41-19-10-29-22(42-19)32-17(36)6-4-5-16(35)30-15-7-8-33(23(38)31-15)21-25(26,27)20(37)13(11-34)39-21/h7-10,13,20-21,34,37H,4-6,11-12H2,1-3H3,(H,29,32,36)(H,30,31,35,38)/t13-,20-,21-/m1/s1. The van der Waals surface area contributed by atoms with Crippen molar-refractivity contribution < 1.29 is 37.7 Å². The van der Waals surface area contributed by atoms with Crippen molar-refractivity contribution in [3.05, 3.63) is 46.8 Å². The van der Waals surface area contributed by atoms with Crippen LogP contribution in [0.2, 0.25) is 0 Å². The van der Waals surface area contributed by atoms with E-state index >= 15 is 0 Å². The van der Waals surface area contributed by atoms with Crippen LogP contribution in [0.5, 0.6) is 0 Å². The molecular formula is C25H30F2N6O7S2. The first-order chi connectivity index (χ1) is 19.8. The number of amides is 2. The van der Waals surface area contributed by atoms with Crippen LogP contribution in [0.25, 0.3) is 0 Å². The number of nitrogens with one attached hydrogen (secondary N) is 2. The molecule has 3 aromatic rings. The molecule has 4 rings (SSSR count). The molecule has 0 radical (unpaired) electrons. The molecule has 2 amide bonds. The SMILES string of the molecule is CC(C)(C)c1cnc(CSc2cnc(NC(=O)CCCC(=O)Nc3ccn([C@@H]4O[C@H](CO)[C@@H](O)C4(F)F)c(=O)n3)s2)o1. The van der Waals surface area contributed by atoms with Gasteiger partial charge >= 0.3 is 11.6 Å². The van der Waals surface area contributed by atoms with Crippen molar-refractivity contribution in [3.63, 3.8) is 0 Å². The number of hydrogen-bond donors (Lipinski definition) is 4. The third kappa shape index (κ3) is 7.57. The van der Waals surface area contributed by atoms with E-state index in [-0.39, 0.29) is 36.4 Å². The predicted octanol–water partition coefficient (Wildman–Crippen LogP) is 2.91. The van der Waals surface area contributed by atoms with Crippen LogP contribution in [0.1, 0.15) is 57.9 Å². The van der Waals surface area contributed by atoms with Crippen LogP contribution in [-0.4, -0.2) is 66.3 Å². The Balaban J connectivity index is 1.20. The van der Waals surface area contributed by atoms with Gasteiger partial charge in [-0.05, 0) is 12.5 Å². The van der Waals surface area contributed by atoms with Gasteiger partial charge in [0.25, 0.3) is 0 Å². The molecule has 0 aliphatic carbocycles. The second-order valence-corrected chi connectivity index (χ2v) is 12.7. The summed E-state index contributed by atoms with van der Waals surface area (Å²) in [6, 6.07) is 1.12. The number of aliphatic hydroxyl groups excluding tert-OH is 2. The molecule has 0 aromatic carbocycles. The number of halogens is 2. The highest BCUT2D eigenvalue weighted by Gasteiger charge is 2.59. The number of alkyl halides is 2. The van der Waals surface area contributed by atoms with E-state index in [2.05, 4.69) is 25.6 Å². The van der Waals surface area contributed by atoms with Crippen LogP contribution in [0.15, 0.2) is 38.1 Å². The smallest absolute Gasteiger partial charge is 0.351 e. The van der Waals surface area contributed by atoms with E-state index in [4.69, 9.17) is 14.3 Å². The Kier molecular flexibility index (Phi) is 9.77. The van der Waals surface area contributed by atoms with Crippen LogP contribution in [0.3, 0.4) is 0 Å². The first kappa shape index (κ1) is 31.7. The van der Waals surface area contributed by atoms with Crippen LogP contribution < -0.4 is 16.3 Å². The molecule has 0 bridgehead atoms. The normalized spacial score (nSPS) is 20.0. The van der Waals surface area contributed by atoms with E-state index in [0.29, 0.717) is 21.3 Å². The molecule has 17 heteroatoms. The molecule has 42 heavy (non-hydrogen) atoms. The van der Waals surface area contributed by atoms with Crippen molar-refractivity contribution >= 4 is 45.9 Å². The molecule has 3 aromatic heterocycles. The van der Waals surface area contributed by atoms with Gasteiger partial charge in [0.1, 0.15) is 17.7 Å². The molecule has 1 aliphatic heterocycles. The van der Waals surface area contributed by atoms with Crippen LogP contribution >= 0.6 is 23.1 Å². The Morgan fingerprint density at radius 1 is 1.19 bits per heavy atom. The van der Waals surface area contributed by atoms with Crippen molar-refractivity contribution in [2.75, 3.05) is 17.2 Å². The van der Waals surface area contributed by atoms with Crippen molar-refractivity contribution in [1.82, 2.24) is 19.5 Å². The van der Waals surface area contributed by atoms with Crippen LogP contribution in [0.4, 0.5) is 19.7 Å². The van der Waals surface area contributed by atoms with Crippen molar-refractivity contribution in [2.45, 2.75) is 79.8 Å². The van der Waals surface area contributed by atoms with Gasteiger partial charge in [0.2, 0.25) is 23.9 Å². The van der Waals surface area contributed by atoms with E-state index in [0.717, 1.165) is 22.2 Å². The maximum absolute atomic E-state index is 14.3. The lowest BCUT2D eigenvalue weighted by atomic mass is 9.94. The highest BCUT2D eigenvalue weighted by atomic mass is 32.2. The molecule has 1 aliphatic rings. The molecule has 0 saturated carbocycles. The number of thiazole rings is 1. The van der Waals surface area contributed by atoms with Gasteiger partial charge in [0, 0.05) is 24.5 Å². The highest BCUT2D eigenvalue weighted by Crippen LogP contribution is 2.42. The van der Waals surface area contributed by atoms with Gasteiger partial charge in [0.15, 0.2) is 11.2 Å². The maximum Gasteiger partial charge on any atom is 0.351 e. The summed E-state index contributed by atoms with van der Waals surface area (Å²) in [5.74, 6) is -3.00. The summed E-state index contributed by atoms with van der Waals surface area (Å²) in [6.07, 6.45) is -1.61. The predicted molar refractivity (Wildman–Crippen MR) is 148 cm³/mol. The fourth-order valence-corrected chi connectivity index (χ4v) is 5.56. The zero-order valence-corrected chi connectivity index (χ0v) is 24.5. The molecule has 13 nitrogen and oxygen atoms in total. The van der Waals surface area contributed by atoms with Gasteiger partial charge in [-0.2, -0.15) is 13.8 Å². The number of hydrogen-bond acceptors (Lipinski definition) is 12. The van der Waals surface area contributed by atoms with Crippen molar-refractivity contribution in [2.24, 2.45) is 0 Å². The summed E-state index contributed by atoms with van der Waals surface area (Å²) in [7, 11) is 0. The quantitative estimate of drug-likeness (QED) is 0.229. The van der Waals surface area contributed by atoms with Gasteiger partial charge in [-0.25, -0.2) is 14.8 Å². The molecule has 3 atom stereocenters. The molecule has 228 valence electrons. The Morgan fingerprint density at radius 2 is 1.90 bits per heavy atom. The average molecular weight is 629 g/mol. The monoisotopic (exact) mass is 628 g/mol. The highest BCUT2D eigenvalue weighted by molar-refractivity contribution is 8.00. The molecule has 4 N–H and O–H groups in total. The molecule has 0 unspecified atom stereocenters. The Bertz CT molecular complexity index is 1470. The molecule has 1 saturated heterocycles. The largest absolute Gasteiger partial charge is 0.444 e. The lowest BCUT2D eigenvalue weighted by Crippen LogP contribution is -2.41. The Labute approximate surface area is 246 Å². The average Bonchev–Trinajstić information content (AvgIpc) is 3.62. The van der Waals surface area contributed by atoms with Gasteiger partial charge in [-0.1, -0.05) is 32.1 Å². The summed E-state index contributed by atoms with van der Waals surface area (Å²) in [4.78, 5) is 48.9. The van der Waals surface area contributed by atoms with E-state index < -0.39 is 42.6 Å². The fraction of sp³-hybridized carbons (Fsp3) is 0.520. The lowest BCUT2D eigenvalue weighted by molar-refractivity contribution is -0.141. The number of carbonyl (C=O) groups is 2. The summed E-state index contributed by atoms with van der Waals surface area (Å²) in [5, 5.41) is 24.2. The number of nitrogens with zero attached hydrogens (tertiary/aromatic N) is 4.